The Hall–Kier alpha value is -1.98. The number of hydrogen-bond donors (Lipinski definition) is 2. The van der Waals surface area contributed by atoms with E-state index in [0.717, 1.165) is 10.8 Å². The summed E-state index contributed by atoms with van der Waals surface area (Å²) in [6, 6.07) is 9.48. The Kier molecular flexibility index (Phi) is 4.55. The quantitative estimate of drug-likeness (QED) is 0.869. The molecule has 5 nitrogen and oxygen atoms in total. The Bertz CT molecular complexity index is 633. The van der Waals surface area contributed by atoms with Crippen LogP contribution in [0.4, 0.5) is 0 Å². The first-order chi connectivity index (χ1) is 9.89. The fraction of sp³-hybridized carbons (Fsp3) is 0.375. The van der Waals surface area contributed by atoms with Gasteiger partial charge in [0.2, 0.25) is 0 Å². The Morgan fingerprint density at radius 1 is 1.33 bits per heavy atom. The molecule has 0 fully saturated rings. The number of rotatable bonds is 5. The molecule has 112 valence electrons. The molecule has 1 heterocycles. The summed E-state index contributed by atoms with van der Waals surface area (Å²) < 4.78 is 0. The smallest absolute Gasteiger partial charge is 0.270 e. The number of hydrogen-bond acceptors (Lipinski definition) is 4. The molecule has 1 unspecified atom stereocenters. The first-order valence-corrected chi connectivity index (χ1v) is 6.88. The zero-order chi connectivity index (χ0) is 15.5. The summed E-state index contributed by atoms with van der Waals surface area (Å²) in [6.07, 6.45) is 1.62. The van der Waals surface area contributed by atoms with Gasteiger partial charge < -0.3 is 15.3 Å². The molecule has 0 radical (unpaired) electrons. The van der Waals surface area contributed by atoms with Gasteiger partial charge in [-0.25, -0.2) is 0 Å². The second-order valence-corrected chi connectivity index (χ2v) is 5.80. The Balaban J connectivity index is 2.13. The normalized spacial score (nSPS) is 14.1. The van der Waals surface area contributed by atoms with E-state index in [0.29, 0.717) is 12.2 Å². The molecule has 21 heavy (non-hydrogen) atoms. The molecule has 1 aromatic carbocycles. The van der Waals surface area contributed by atoms with Crippen molar-refractivity contribution in [2.45, 2.75) is 12.5 Å². The van der Waals surface area contributed by atoms with E-state index in [9.17, 15) is 9.90 Å². The van der Waals surface area contributed by atoms with E-state index >= 15 is 0 Å². The third-order valence-corrected chi connectivity index (χ3v) is 3.18. The van der Waals surface area contributed by atoms with Crippen molar-refractivity contribution in [3.63, 3.8) is 0 Å². The highest BCUT2D eigenvalue weighted by atomic mass is 16.3. The van der Waals surface area contributed by atoms with Gasteiger partial charge in [0.15, 0.2) is 0 Å². The van der Waals surface area contributed by atoms with Crippen LogP contribution in [0.1, 0.15) is 17.4 Å². The van der Waals surface area contributed by atoms with Gasteiger partial charge in [-0.05, 0) is 32.5 Å². The molecule has 5 heteroatoms. The molecule has 1 atom stereocenters. The van der Waals surface area contributed by atoms with E-state index in [2.05, 4.69) is 10.3 Å². The summed E-state index contributed by atoms with van der Waals surface area (Å²) >= 11 is 0. The van der Waals surface area contributed by atoms with Crippen LogP contribution < -0.4 is 5.32 Å². The zero-order valence-corrected chi connectivity index (χ0v) is 12.6. The van der Waals surface area contributed by atoms with Gasteiger partial charge in [0, 0.05) is 24.7 Å². The van der Waals surface area contributed by atoms with Crippen molar-refractivity contribution < 1.29 is 9.90 Å². The van der Waals surface area contributed by atoms with Crippen molar-refractivity contribution in [1.82, 2.24) is 15.2 Å². The number of fused-ring (bicyclic) bond motifs is 1. The van der Waals surface area contributed by atoms with E-state index in [1.165, 1.54) is 0 Å². The van der Waals surface area contributed by atoms with Crippen LogP contribution in [0, 0.1) is 0 Å². The lowest BCUT2D eigenvalue weighted by atomic mass is 10.1. The predicted molar refractivity (Wildman–Crippen MR) is 83.3 cm³/mol. The van der Waals surface area contributed by atoms with Crippen molar-refractivity contribution in [1.29, 1.82) is 0 Å². The van der Waals surface area contributed by atoms with E-state index in [1.54, 1.807) is 13.1 Å². The van der Waals surface area contributed by atoms with Crippen molar-refractivity contribution in [2.75, 3.05) is 27.2 Å². The van der Waals surface area contributed by atoms with Gasteiger partial charge in [0.05, 0.1) is 5.60 Å². The molecule has 0 spiro atoms. The summed E-state index contributed by atoms with van der Waals surface area (Å²) in [5, 5.41) is 14.8. The van der Waals surface area contributed by atoms with Gasteiger partial charge in [-0.2, -0.15) is 0 Å². The van der Waals surface area contributed by atoms with Gasteiger partial charge in [0.25, 0.3) is 5.91 Å². The third-order valence-electron chi connectivity index (χ3n) is 3.18. The number of likely N-dealkylation sites (N-methyl/N-ethyl adjacent to an activating group) is 1. The van der Waals surface area contributed by atoms with Crippen molar-refractivity contribution in [3.8, 4) is 0 Å². The van der Waals surface area contributed by atoms with E-state index in [1.807, 2.05) is 49.3 Å². The molecule has 2 aromatic rings. The molecule has 1 aromatic heterocycles. The summed E-state index contributed by atoms with van der Waals surface area (Å²) in [6.45, 7) is 2.34. The highest BCUT2D eigenvalue weighted by Gasteiger charge is 2.23. The lowest BCUT2D eigenvalue weighted by Crippen LogP contribution is -2.47. The number of carbonyl (C=O) groups excluding carboxylic acids is 1. The predicted octanol–water partition coefficient (Wildman–Crippen LogP) is 1.28. The lowest BCUT2D eigenvalue weighted by molar-refractivity contribution is 0.0325. The van der Waals surface area contributed by atoms with Crippen LogP contribution in [0.2, 0.25) is 0 Å². The molecular weight excluding hydrogens is 266 g/mol. The fourth-order valence-corrected chi connectivity index (χ4v) is 2.39. The minimum Gasteiger partial charge on any atom is -0.387 e. The molecule has 0 saturated carbocycles. The number of nitrogens with one attached hydrogen (secondary N) is 1. The third kappa shape index (κ3) is 4.00. The average molecular weight is 287 g/mol. The summed E-state index contributed by atoms with van der Waals surface area (Å²) in [5.41, 5.74) is -0.599. The number of pyridine rings is 1. The molecule has 0 aliphatic rings. The standard InChI is InChI=1S/C16H21N3O2/c1-16(21,11-19(2)3)10-18-15(20)14-13-7-5-4-6-12(13)8-9-17-14/h4-9,21H,10-11H2,1-3H3,(H,18,20). The number of carbonyl (C=O) groups is 1. The number of aromatic nitrogens is 1. The first kappa shape index (κ1) is 15.4. The SMILES string of the molecule is CN(C)CC(C)(O)CNC(=O)c1nccc2ccccc12. The minimum absolute atomic E-state index is 0.176. The van der Waals surface area contributed by atoms with Crippen LogP contribution in [0.15, 0.2) is 36.5 Å². The maximum atomic E-state index is 12.3. The van der Waals surface area contributed by atoms with Crippen LogP contribution in [-0.2, 0) is 0 Å². The van der Waals surface area contributed by atoms with Gasteiger partial charge in [-0.3, -0.25) is 9.78 Å². The Labute approximate surface area is 124 Å². The van der Waals surface area contributed by atoms with Crippen LogP contribution in [0.25, 0.3) is 10.8 Å². The van der Waals surface area contributed by atoms with E-state index in [4.69, 9.17) is 0 Å². The van der Waals surface area contributed by atoms with Crippen LogP contribution in [0.3, 0.4) is 0 Å². The molecule has 1 amide bonds. The van der Waals surface area contributed by atoms with E-state index < -0.39 is 5.60 Å². The van der Waals surface area contributed by atoms with Crippen molar-refractivity contribution >= 4 is 16.7 Å². The lowest BCUT2D eigenvalue weighted by Gasteiger charge is -2.27. The highest BCUT2D eigenvalue weighted by molar-refractivity contribution is 6.05. The van der Waals surface area contributed by atoms with Crippen molar-refractivity contribution in [2.24, 2.45) is 0 Å². The molecule has 0 saturated heterocycles. The van der Waals surface area contributed by atoms with Gasteiger partial charge in [-0.1, -0.05) is 24.3 Å². The number of amides is 1. The van der Waals surface area contributed by atoms with Crippen molar-refractivity contribution in [3.05, 3.63) is 42.2 Å². The Morgan fingerprint density at radius 2 is 2.05 bits per heavy atom. The molecule has 0 bridgehead atoms. The van der Waals surface area contributed by atoms with Gasteiger partial charge >= 0.3 is 0 Å². The number of aliphatic hydroxyl groups is 1. The minimum atomic E-state index is -0.982. The molecule has 0 aliphatic carbocycles. The number of nitrogens with zero attached hydrogens (tertiary/aromatic N) is 2. The maximum absolute atomic E-state index is 12.3. The summed E-state index contributed by atoms with van der Waals surface area (Å²) in [4.78, 5) is 18.3. The fourth-order valence-electron chi connectivity index (χ4n) is 2.39. The second-order valence-electron chi connectivity index (χ2n) is 5.80. The average Bonchev–Trinajstić information content (AvgIpc) is 2.43. The second kappa shape index (κ2) is 6.20. The van der Waals surface area contributed by atoms with E-state index in [-0.39, 0.29) is 12.5 Å². The topological polar surface area (TPSA) is 65.5 Å². The largest absolute Gasteiger partial charge is 0.387 e. The highest BCUT2D eigenvalue weighted by Crippen LogP contribution is 2.16. The molecule has 2 N–H and O–H groups in total. The van der Waals surface area contributed by atoms with Crippen LogP contribution in [-0.4, -0.2) is 53.7 Å². The van der Waals surface area contributed by atoms with Crippen LogP contribution in [0.5, 0.6) is 0 Å². The first-order valence-electron chi connectivity index (χ1n) is 6.88. The summed E-state index contributed by atoms with van der Waals surface area (Å²) in [7, 11) is 3.76. The zero-order valence-electron chi connectivity index (χ0n) is 12.6. The molecule has 0 aliphatic heterocycles. The molecule has 2 rings (SSSR count). The summed E-state index contributed by atoms with van der Waals surface area (Å²) in [5.74, 6) is -0.272. The monoisotopic (exact) mass is 287 g/mol. The maximum Gasteiger partial charge on any atom is 0.270 e. The Morgan fingerprint density at radius 3 is 2.76 bits per heavy atom. The van der Waals surface area contributed by atoms with Gasteiger partial charge in [0.1, 0.15) is 5.69 Å². The molecular formula is C16H21N3O2. The number of benzene rings is 1. The van der Waals surface area contributed by atoms with Gasteiger partial charge in [-0.15, -0.1) is 0 Å². The van der Waals surface area contributed by atoms with Crippen LogP contribution >= 0.6 is 0 Å².